The summed E-state index contributed by atoms with van der Waals surface area (Å²) in [6.45, 7) is 5.57. The summed E-state index contributed by atoms with van der Waals surface area (Å²) < 4.78 is 15.2. The number of Topliss-reactive ketones (excluding diaryl/α,β-unsaturated/α-hetero) is 1. The topological polar surface area (TPSA) is 115 Å². The SMILES string of the molecule is CO[C@@H](C)C(=O)N[C@@H](CCC(=O)C=N)C(=O)OCCOC(C)C. The molecule has 2 N–H and O–H groups in total. The first kappa shape index (κ1) is 21.2. The predicted molar refractivity (Wildman–Crippen MR) is 83.5 cm³/mol. The molecule has 0 aromatic heterocycles. The van der Waals surface area contributed by atoms with Crippen LogP contribution >= 0.6 is 0 Å². The van der Waals surface area contributed by atoms with Gasteiger partial charge < -0.3 is 24.9 Å². The van der Waals surface area contributed by atoms with E-state index in [1.807, 2.05) is 13.8 Å². The standard InChI is InChI=1S/C15H26N2O6/c1-10(2)22-7-8-23-15(20)13(6-5-12(18)9-16)17-14(19)11(3)21-4/h9-11,13,16H,5-8H2,1-4H3,(H,17,19)/t11-,13-/m0/s1. The van der Waals surface area contributed by atoms with Crippen LogP contribution in [0.2, 0.25) is 0 Å². The summed E-state index contributed by atoms with van der Waals surface area (Å²) in [7, 11) is 1.37. The quantitative estimate of drug-likeness (QED) is 0.305. The summed E-state index contributed by atoms with van der Waals surface area (Å²) in [5, 5.41) is 9.35. The third kappa shape index (κ3) is 9.75. The molecule has 1 amide bonds. The number of carbonyl (C=O) groups excluding carboxylic acids is 3. The first-order valence-electron chi connectivity index (χ1n) is 7.46. The monoisotopic (exact) mass is 330 g/mol. The van der Waals surface area contributed by atoms with Gasteiger partial charge in [-0.2, -0.15) is 0 Å². The smallest absolute Gasteiger partial charge is 0.328 e. The van der Waals surface area contributed by atoms with E-state index >= 15 is 0 Å². The van der Waals surface area contributed by atoms with Crippen molar-refractivity contribution in [2.45, 2.75) is 51.9 Å². The van der Waals surface area contributed by atoms with Crippen molar-refractivity contribution in [3.05, 3.63) is 0 Å². The molecule has 0 aliphatic heterocycles. The summed E-state index contributed by atoms with van der Waals surface area (Å²) in [5.41, 5.74) is 0. The largest absolute Gasteiger partial charge is 0.462 e. The van der Waals surface area contributed by atoms with Crippen molar-refractivity contribution in [3.8, 4) is 0 Å². The second kappa shape index (κ2) is 11.7. The lowest BCUT2D eigenvalue weighted by atomic mass is 10.1. The van der Waals surface area contributed by atoms with E-state index in [4.69, 9.17) is 19.6 Å². The van der Waals surface area contributed by atoms with Crippen molar-refractivity contribution in [1.82, 2.24) is 5.32 Å². The highest BCUT2D eigenvalue weighted by Crippen LogP contribution is 2.03. The van der Waals surface area contributed by atoms with Gasteiger partial charge in [-0.15, -0.1) is 0 Å². The van der Waals surface area contributed by atoms with E-state index in [2.05, 4.69) is 5.32 Å². The highest BCUT2D eigenvalue weighted by molar-refractivity contribution is 6.26. The Balaban J connectivity index is 4.55. The fraction of sp³-hybridized carbons (Fsp3) is 0.733. The van der Waals surface area contributed by atoms with Gasteiger partial charge in [-0.1, -0.05) is 0 Å². The van der Waals surface area contributed by atoms with Gasteiger partial charge in [0.05, 0.1) is 18.9 Å². The minimum atomic E-state index is -0.969. The Hall–Kier alpha value is -1.80. The van der Waals surface area contributed by atoms with Crippen molar-refractivity contribution in [2.75, 3.05) is 20.3 Å². The highest BCUT2D eigenvalue weighted by Gasteiger charge is 2.25. The number of ketones is 1. The third-order valence-corrected chi connectivity index (χ3v) is 2.94. The van der Waals surface area contributed by atoms with Crippen LogP contribution in [0.3, 0.4) is 0 Å². The number of methoxy groups -OCH3 is 1. The zero-order valence-corrected chi connectivity index (χ0v) is 14.1. The van der Waals surface area contributed by atoms with Gasteiger partial charge in [0.25, 0.3) is 0 Å². The van der Waals surface area contributed by atoms with E-state index in [1.54, 1.807) is 0 Å². The second-order valence-corrected chi connectivity index (χ2v) is 5.18. The summed E-state index contributed by atoms with van der Waals surface area (Å²) in [5.74, 6) is -1.55. The Morgan fingerprint density at radius 3 is 2.35 bits per heavy atom. The molecule has 2 atom stereocenters. The zero-order chi connectivity index (χ0) is 17.8. The van der Waals surface area contributed by atoms with Crippen LogP contribution < -0.4 is 5.32 Å². The van der Waals surface area contributed by atoms with Crippen LogP contribution in [0.15, 0.2) is 0 Å². The molecule has 0 heterocycles. The number of hydrogen-bond acceptors (Lipinski definition) is 7. The van der Waals surface area contributed by atoms with E-state index in [0.29, 0.717) is 6.21 Å². The number of esters is 1. The second-order valence-electron chi connectivity index (χ2n) is 5.18. The van der Waals surface area contributed by atoms with E-state index in [0.717, 1.165) is 0 Å². The van der Waals surface area contributed by atoms with Crippen molar-refractivity contribution in [2.24, 2.45) is 0 Å². The maximum Gasteiger partial charge on any atom is 0.328 e. The van der Waals surface area contributed by atoms with Gasteiger partial charge in [-0.3, -0.25) is 9.59 Å². The predicted octanol–water partition coefficient (Wildman–Crippen LogP) is 0.473. The molecule has 132 valence electrons. The molecule has 8 nitrogen and oxygen atoms in total. The lowest BCUT2D eigenvalue weighted by molar-refractivity contribution is -0.151. The molecule has 0 radical (unpaired) electrons. The fourth-order valence-corrected chi connectivity index (χ4v) is 1.53. The molecule has 0 bridgehead atoms. The normalized spacial score (nSPS) is 13.3. The first-order chi connectivity index (χ1) is 10.8. The Bertz CT molecular complexity index is 411. The molecule has 0 fully saturated rings. The number of hydrogen-bond donors (Lipinski definition) is 2. The van der Waals surface area contributed by atoms with Crippen LogP contribution in [0.4, 0.5) is 0 Å². The lowest BCUT2D eigenvalue weighted by Gasteiger charge is -2.19. The first-order valence-corrected chi connectivity index (χ1v) is 7.46. The van der Waals surface area contributed by atoms with Gasteiger partial charge in [0.1, 0.15) is 18.8 Å². The van der Waals surface area contributed by atoms with Crippen molar-refractivity contribution >= 4 is 23.9 Å². The van der Waals surface area contributed by atoms with Crippen molar-refractivity contribution < 1.29 is 28.6 Å². The fourth-order valence-electron chi connectivity index (χ4n) is 1.53. The average molecular weight is 330 g/mol. The molecule has 0 unspecified atom stereocenters. The highest BCUT2D eigenvalue weighted by atomic mass is 16.6. The van der Waals surface area contributed by atoms with E-state index < -0.39 is 29.8 Å². The Morgan fingerprint density at radius 2 is 1.83 bits per heavy atom. The minimum Gasteiger partial charge on any atom is -0.462 e. The summed E-state index contributed by atoms with van der Waals surface area (Å²) in [4.78, 5) is 35.1. The molecule has 23 heavy (non-hydrogen) atoms. The minimum absolute atomic E-state index is 0.0250. The molecule has 0 saturated carbocycles. The Labute approximate surface area is 136 Å². The molecule has 0 aliphatic carbocycles. The van der Waals surface area contributed by atoms with E-state index in [1.165, 1.54) is 14.0 Å². The summed E-state index contributed by atoms with van der Waals surface area (Å²) in [6.07, 6.45) is -0.00319. The number of ether oxygens (including phenoxy) is 3. The maximum atomic E-state index is 12.0. The third-order valence-electron chi connectivity index (χ3n) is 2.94. The molecular formula is C15H26N2O6. The van der Waals surface area contributed by atoms with Gasteiger partial charge in [-0.25, -0.2) is 4.79 Å². The number of rotatable bonds is 12. The van der Waals surface area contributed by atoms with Gasteiger partial charge in [0.15, 0.2) is 5.78 Å². The molecule has 0 spiro atoms. The van der Waals surface area contributed by atoms with E-state index in [-0.39, 0.29) is 32.2 Å². The summed E-state index contributed by atoms with van der Waals surface area (Å²) in [6, 6.07) is -0.969. The maximum absolute atomic E-state index is 12.0. The number of carbonyl (C=O) groups is 3. The molecule has 0 rings (SSSR count). The van der Waals surface area contributed by atoms with Gasteiger partial charge in [0, 0.05) is 13.5 Å². The Morgan fingerprint density at radius 1 is 1.17 bits per heavy atom. The zero-order valence-electron chi connectivity index (χ0n) is 14.1. The molecule has 0 aliphatic rings. The molecular weight excluding hydrogens is 304 g/mol. The number of amides is 1. The van der Waals surface area contributed by atoms with Gasteiger partial charge in [-0.05, 0) is 27.2 Å². The van der Waals surface area contributed by atoms with Crippen LogP contribution in [0.5, 0.6) is 0 Å². The van der Waals surface area contributed by atoms with Gasteiger partial charge in [0.2, 0.25) is 5.91 Å². The molecule has 0 saturated heterocycles. The summed E-state index contributed by atoms with van der Waals surface area (Å²) >= 11 is 0. The van der Waals surface area contributed by atoms with Crippen LogP contribution in [-0.4, -0.2) is 62.4 Å². The van der Waals surface area contributed by atoms with Crippen LogP contribution in [0, 0.1) is 5.41 Å². The molecule has 0 aromatic carbocycles. The van der Waals surface area contributed by atoms with Crippen LogP contribution in [0.1, 0.15) is 33.6 Å². The van der Waals surface area contributed by atoms with Crippen molar-refractivity contribution in [3.63, 3.8) is 0 Å². The average Bonchev–Trinajstić information content (AvgIpc) is 2.53. The molecule has 0 aromatic rings. The van der Waals surface area contributed by atoms with Gasteiger partial charge >= 0.3 is 5.97 Å². The lowest BCUT2D eigenvalue weighted by Crippen LogP contribution is -2.46. The van der Waals surface area contributed by atoms with E-state index in [9.17, 15) is 14.4 Å². The van der Waals surface area contributed by atoms with Crippen LogP contribution in [-0.2, 0) is 28.6 Å². The van der Waals surface area contributed by atoms with Crippen LogP contribution in [0.25, 0.3) is 0 Å². The van der Waals surface area contributed by atoms with Crippen molar-refractivity contribution in [1.29, 1.82) is 5.41 Å². The number of nitrogens with one attached hydrogen (secondary N) is 2. The molecule has 8 heteroatoms. The Kier molecular flexibility index (Phi) is 10.8.